The van der Waals surface area contributed by atoms with E-state index in [1.807, 2.05) is 38.1 Å². The molecule has 1 aromatic carbocycles. The van der Waals surface area contributed by atoms with E-state index < -0.39 is 11.6 Å². The van der Waals surface area contributed by atoms with Crippen LogP contribution in [0.2, 0.25) is 0 Å². The van der Waals surface area contributed by atoms with Gasteiger partial charge in [0.05, 0.1) is 5.54 Å². The highest BCUT2D eigenvalue weighted by molar-refractivity contribution is 9.08. The first-order valence-corrected chi connectivity index (χ1v) is 5.74. The molecule has 1 rings (SSSR count). The van der Waals surface area contributed by atoms with E-state index in [0.717, 1.165) is 10.9 Å². The molecule has 0 aromatic heterocycles. The van der Waals surface area contributed by atoms with Crippen LogP contribution in [-0.4, -0.2) is 11.2 Å². The van der Waals surface area contributed by atoms with E-state index in [0.29, 0.717) is 0 Å². The van der Waals surface area contributed by atoms with Crippen LogP contribution in [0, 0.1) is 0 Å². The molecule has 4 heteroatoms. The van der Waals surface area contributed by atoms with Gasteiger partial charge in [-0.3, -0.25) is 0 Å². The van der Waals surface area contributed by atoms with Gasteiger partial charge >= 0.3 is 6.09 Å². The lowest BCUT2D eigenvalue weighted by Gasteiger charge is -2.25. The number of alkyl halides is 1. The zero-order valence-electron chi connectivity index (χ0n) is 8.75. The van der Waals surface area contributed by atoms with Crippen molar-refractivity contribution in [1.82, 2.24) is 5.32 Å². The number of amides is 1. The topological polar surface area (TPSA) is 49.3 Å². The molecule has 15 heavy (non-hydrogen) atoms. The molecule has 0 spiro atoms. The van der Waals surface area contributed by atoms with Crippen molar-refractivity contribution >= 4 is 22.0 Å². The minimum Gasteiger partial charge on any atom is -0.465 e. The molecule has 1 amide bonds. The molecule has 3 nitrogen and oxygen atoms in total. The summed E-state index contributed by atoms with van der Waals surface area (Å²) in [6.07, 6.45) is -1.01. The molecule has 0 aliphatic heterocycles. The summed E-state index contributed by atoms with van der Waals surface area (Å²) in [6, 6.07) is 7.84. The molecular weight excluding hydrogens is 258 g/mol. The van der Waals surface area contributed by atoms with Crippen LogP contribution in [0.5, 0.6) is 0 Å². The number of hydrogen-bond acceptors (Lipinski definition) is 1. The molecule has 0 heterocycles. The van der Waals surface area contributed by atoms with Crippen molar-refractivity contribution in [1.29, 1.82) is 0 Å². The minimum atomic E-state index is -1.01. The number of rotatable bonds is 3. The van der Waals surface area contributed by atoms with Crippen molar-refractivity contribution in [3.05, 3.63) is 35.4 Å². The number of benzene rings is 1. The van der Waals surface area contributed by atoms with Gasteiger partial charge in [0.2, 0.25) is 0 Å². The molecule has 0 atom stereocenters. The van der Waals surface area contributed by atoms with E-state index in [9.17, 15) is 4.79 Å². The average molecular weight is 272 g/mol. The summed E-state index contributed by atoms with van der Waals surface area (Å²) in [5, 5.41) is 12.0. The SMILES string of the molecule is CC(C)(NC(=O)O)c1ccc(CBr)cc1. The maximum absolute atomic E-state index is 10.6. The van der Waals surface area contributed by atoms with Crippen LogP contribution >= 0.6 is 15.9 Å². The van der Waals surface area contributed by atoms with Gasteiger partial charge in [0, 0.05) is 5.33 Å². The lowest BCUT2D eigenvalue weighted by molar-refractivity contribution is 0.182. The van der Waals surface area contributed by atoms with Crippen molar-refractivity contribution in [2.75, 3.05) is 0 Å². The Hall–Kier alpha value is -1.03. The summed E-state index contributed by atoms with van der Waals surface area (Å²) < 4.78 is 0. The maximum Gasteiger partial charge on any atom is 0.405 e. The third-order valence-corrected chi connectivity index (χ3v) is 2.90. The molecule has 0 saturated carbocycles. The second-order valence-corrected chi connectivity index (χ2v) is 4.45. The van der Waals surface area contributed by atoms with Crippen molar-refractivity contribution in [2.45, 2.75) is 24.7 Å². The zero-order valence-corrected chi connectivity index (χ0v) is 10.3. The first-order chi connectivity index (χ1) is 6.95. The predicted molar refractivity (Wildman–Crippen MR) is 63.3 cm³/mol. The number of carbonyl (C=O) groups is 1. The number of halogens is 1. The first-order valence-electron chi connectivity index (χ1n) is 4.62. The van der Waals surface area contributed by atoms with E-state index in [-0.39, 0.29) is 0 Å². The van der Waals surface area contributed by atoms with Crippen molar-refractivity contribution in [2.24, 2.45) is 0 Å². The fourth-order valence-electron chi connectivity index (χ4n) is 1.35. The Morgan fingerprint density at radius 1 is 1.40 bits per heavy atom. The summed E-state index contributed by atoms with van der Waals surface area (Å²) in [5.74, 6) is 0. The smallest absolute Gasteiger partial charge is 0.405 e. The lowest BCUT2D eigenvalue weighted by Crippen LogP contribution is -2.39. The van der Waals surface area contributed by atoms with Crippen molar-refractivity contribution < 1.29 is 9.90 Å². The first kappa shape index (κ1) is 12.0. The van der Waals surface area contributed by atoms with Gasteiger partial charge in [-0.2, -0.15) is 0 Å². The third kappa shape index (κ3) is 3.23. The second kappa shape index (κ2) is 4.66. The largest absolute Gasteiger partial charge is 0.465 e. The second-order valence-electron chi connectivity index (χ2n) is 3.89. The normalized spacial score (nSPS) is 11.1. The van der Waals surface area contributed by atoms with Crippen molar-refractivity contribution in [3.8, 4) is 0 Å². The third-order valence-electron chi connectivity index (χ3n) is 2.25. The highest BCUT2D eigenvalue weighted by Gasteiger charge is 2.22. The fraction of sp³-hybridized carbons (Fsp3) is 0.364. The highest BCUT2D eigenvalue weighted by Crippen LogP contribution is 2.20. The predicted octanol–water partition coefficient (Wildman–Crippen LogP) is 3.08. The Kier molecular flexibility index (Phi) is 3.74. The zero-order chi connectivity index (χ0) is 11.5. The summed E-state index contributed by atoms with van der Waals surface area (Å²) in [5.41, 5.74) is 1.57. The van der Waals surface area contributed by atoms with Crippen LogP contribution in [0.15, 0.2) is 24.3 Å². The van der Waals surface area contributed by atoms with Gasteiger partial charge in [-0.25, -0.2) is 4.79 Å². The van der Waals surface area contributed by atoms with Crippen LogP contribution in [0.3, 0.4) is 0 Å². The molecule has 1 aromatic rings. The number of carboxylic acid groups (broad SMARTS) is 1. The van der Waals surface area contributed by atoms with E-state index >= 15 is 0 Å². The standard InChI is InChI=1S/C11H14BrNO2/c1-11(2,13-10(14)15)9-5-3-8(7-12)4-6-9/h3-6,13H,7H2,1-2H3,(H,14,15). The van der Waals surface area contributed by atoms with Gasteiger partial charge in [-0.1, -0.05) is 40.2 Å². The molecule has 0 aliphatic carbocycles. The monoisotopic (exact) mass is 271 g/mol. The van der Waals surface area contributed by atoms with Gasteiger partial charge in [-0.05, 0) is 25.0 Å². The average Bonchev–Trinajstić information content (AvgIpc) is 2.16. The van der Waals surface area contributed by atoms with Crippen LogP contribution < -0.4 is 5.32 Å². The quantitative estimate of drug-likeness (QED) is 0.831. The van der Waals surface area contributed by atoms with E-state index in [1.54, 1.807) is 0 Å². The molecule has 0 radical (unpaired) electrons. The molecular formula is C11H14BrNO2. The summed E-state index contributed by atoms with van der Waals surface area (Å²) >= 11 is 3.36. The maximum atomic E-state index is 10.6. The molecule has 0 unspecified atom stereocenters. The molecule has 82 valence electrons. The minimum absolute atomic E-state index is 0.559. The molecule has 0 bridgehead atoms. The number of hydrogen-bond donors (Lipinski definition) is 2. The van der Waals surface area contributed by atoms with Crippen LogP contribution in [0.1, 0.15) is 25.0 Å². The fourth-order valence-corrected chi connectivity index (χ4v) is 1.72. The Bertz CT molecular complexity index is 346. The van der Waals surface area contributed by atoms with Gasteiger partial charge in [-0.15, -0.1) is 0 Å². The molecule has 0 aliphatic rings. The Morgan fingerprint density at radius 3 is 2.33 bits per heavy atom. The molecule has 0 fully saturated rings. The summed E-state index contributed by atoms with van der Waals surface area (Å²) in [4.78, 5) is 10.6. The van der Waals surface area contributed by atoms with Crippen LogP contribution in [0.4, 0.5) is 4.79 Å². The van der Waals surface area contributed by atoms with Gasteiger partial charge in [0.25, 0.3) is 0 Å². The van der Waals surface area contributed by atoms with Gasteiger partial charge in [0.15, 0.2) is 0 Å². The van der Waals surface area contributed by atoms with E-state index in [4.69, 9.17) is 5.11 Å². The van der Waals surface area contributed by atoms with E-state index in [2.05, 4.69) is 21.2 Å². The Balaban J connectivity index is 2.89. The Labute approximate surface area is 97.6 Å². The summed E-state index contributed by atoms with van der Waals surface area (Å²) in [6.45, 7) is 3.68. The van der Waals surface area contributed by atoms with E-state index in [1.165, 1.54) is 5.56 Å². The molecule has 0 saturated heterocycles. The van der Waals surface area contributed by atoms with Crippen LogP contribution in [-0.2, 0) is 10.9 Å². The molecule has 2 N–H and O–H groups in total. The highest BCUT2D eigenvalue weighted by atomic mass is 79.9. The Morgan fingerprint density at radius 2 is 1.93 bits per heavy atom. The van der Waals surface area contributed by atoms with Crippen LogP contribution in [0.25, 0.3) is 0 Å². The van der Waals surface area contributed by atoms with Gasteiger partial charge in [0.1, 0.15) is 0 Å². The van der Waals surface area contributed by atoms with Crippen molar-refractivity contribution in [3.63, 3.8) is 0 Å². The summed E-state index contributed by atoms with van der Waals surface area (Å²) in [7, 11) is 0. The lowest BCUT2D eigenvalue weighted by atomic mass is 9.94. The van der Waals surface area contributed by atoms with Gasteiger partial charge < -0.3 is 10.4 Å². The number of nitrogens with one attached hydrogen (secondary N) is 1.